The van der Waals surface area contributed by atoms with Crippen molar-refractivity contribution in [3.05, 3.63) is 11.6 Å². The first-order valence-electron chi connectivity index (χ1n) is 9.92. The SMILES string of the molecule is CC(=O)[C@@]1(O)CC[C@H]2[C@@H]3[C@H](O)C(=O)C4=C[C@@H](O)CC[C@]4(C)[C@H]3CC[C@@]21C. The minimum atomic E-state index is -1.36. The summed E-state index contributed by atoms with van der Waals surface area (Å²) in [6.07, 6.45) is 3.87. The van der Waals surface area contributed by atoms with Crippen LogP contribution in [0.1, 0.15) is 59.3 Å². The molecule has 0 aromatic heterocycles. The molecule has 0 aromatic rings. The van der Waals surface area contributed by atoms with Crippen LogP contribution < -0.4 is 0 Å². The van der Waals surface area contributed by atoms with Gasteiger partial charge in [0.15, 0.2) is 11.6 Å². The van der Waals surface area contributed by atoms with Gasteiger partial charge in [-0.15, -0.1) is 0 Å². The van der Waals surface area contributed by atoms with Crippen LogP contribution in [0, 0.1) is 28.6 Å². The highest BCUT2D eigenvalue weighted by atomic mass is 16.3. The van der Waals surface area contributed by atoms with Crippen molar-refractivity contribution >= 4 is 11.6 Å². The van der Waals surface area contributed by atoms with E-state index in [2.05, 4.69) is 6.92 Å². The third-order valence-corrected chi connectivity index (χ3v) is 8.72. The van der Waals surface area contributed by atoms with Crippen molar-refractivity contribution in [2.24, 2.45) is 28.6 Å². The fourth-order valence-electron chi connectivity index (χ4n) is 7.11. The first-order chi connectivity index (χ1) is 12.1. The normalized spacial score (nSPS) is 53.4. The molecule has 0 amide bonds. The van der Waals surface area contributed by atoms with E-state index in [1.807, 2.05) is 6.92 Å². The lowest BCUT2D eigenvalue weighted by atomic mass is 9.45. The molecule has 0 bridgehead atoms. The Morgan fingerprint density at radius 1 is 1.08 bits per heavy atom. The average Bonchev–Trinajstić information content (AvgIpc) is 2.87. The lowest BCUT2D eigenvalue weighted by Gasteiger charge is -2.59. The molecule has 8 atom stereocenters. The molecule has 0 aliphatic heterocycles. The van der Waals surface area contributed by atoms with Crippen molar-refractivity contribution in [3.63, 3.8) is 0 Å². The average molecular weight is 362 g/mol. The number of hydrogen-bond donors (Lipinski definition) is 3. The van der Waals surface area contributed by atoms with Gasteiger partial charge in [-0.25, -0.2) is 0 Å². The zero-order chi connectivity index (χ0) is 19.1. The Bertz CT molecular complexity index is 699. The zero-order valence-corrected chi connectivity index (χ0v) is 15.9. The topological polar surface area (TPSA) is 94.8 Å². The van der Waals surface area contributed by atoms with Gasteiger partial charge in [-0.3, -0.25) is 9.59 Å². The van der Waals surface area contributed by atoms with Crippen molar-refractivity contribution in [2.75, 3.05) is 0 Å². The Hall–Kier alpha value is -1.04. The molecule has 5 heteroatoms. The molecule has 3 saturated carbocycles. The second-order valence-corrected chi connectivity index (χ2v) is 9.61. The highest BCUT2D eigenvalue weighted by Crippen LogP contribution is 2.67. The summed E-state index contributed by atoms with van der Waals surface area (Å²) in [4.78, 5) is 25.2. The van der Waals surface area contributed by atoms with Gasteiger partial charge in [0.05, 0.1) is 6.10 Å². The summed E-state index contributed by atoms with van der Waals surface area (Å²) in [6, 6.07) is 0. The van der Waals surface area contributed by atoms with Crippen LogP contribution in [0.4, 0.5) is 0 Å². The minimum absolute atomic E-state index is 0.0423. The summed E-state index contributed by atoms with van der Waals surface area (Å²) in [7, 11) is 0. The highest BCUT2D eigenvalue weighted by molar-refractivity contribution is 6.01. The molecule has 26 heavy (non-hydrogen) atoms. The Labute approximate surface area is 154 Å². The maximum absolute atomic E-state index is 13.0. The van der Waals surface area contributed by atoms with Crippen molar-refractivity contribution in [1.29, 1.82) is 0 Å². The van der Waals surface area contributed by atoms with E-state index in [1.165, 1.54) is 6.92 Å². The van der Waals surface area contributed by atoms with Crippen LogP contribution in [-0.4, -0.2) is 44.7 Å². The molecule has 3 N–H and O–H groups in total. The molecular formula is C21H30O5. The summed E-state index contributed by atoms with van der Waals surface area (Å²) in [5.74, 6) is -0.604. The number of hydrogen-bond acceptors (Lipinski definition) is 5. The van der Waals surface area contributed by atoms with Gasteiger partial charge in [0.25, 0.3) is 0 Å². The summed E-state index contributed by atoms with van der Waals surface area (Å²) < 4.78 is 0. The summed E-state index contributed by atoms with van der Waals surface area (Å²) in [5.41, 5.74) is -1.69. The molecule has 0 aromatic carbocycles. The lowest BCUT2D eigenvalue weighted by molar-refractivity contribution is -0.172. The van der Waals surface area contributed by atoms with Gasteiger partial charge in [-0.05, 0) is 74.7 Å². The van der Waals surface area contributed by atoms with E-state index in [0.717, 1.165) is 19.3 Å². The lowest BCUT2D eigenvalue weighted by Crippen LogP contribution is -2.62. The number of rotatable bonds is 1. The maximum Gasteiger partial charge on any atom is 0.187 e. The van der Waals surface area contributed by atoms with E-state index in [-0.39, 0.29) is 34.7 Å². The molecule has 0 unspecified atom stereocenters. The molecule has 4 aliphatic carbocycles. The Morgan fingerprint density at radius 3 is 2.38 bits per heavy atom. The Kier molecular flexibility index (Phi) is 3.87. The van der Waals surface area contributed by atoms with Crippen LogP contribution in [0.15, 0.2) is 11.6 Å². The number of carbonyl (C=O) groups is 2. The fourth-order valence-corrected chi connectivity index (χ4v) is 7.11. The van der Waals surface area contributed by atoms with Crippen LogP contribution in [0.25, 0.3) is 0 Å². The van der Waals surface area contributed by atoms with Crippen molar-refractivity contribution in [1.82, 2.24) is 0 Å². The predicted molar refractivity (Wildman–Crippen MR) is 95.1 cm³/mol. The summed E-state index contributed by atoms with van der Waals surface area (Å²) in [6.45, 7) is 5.52. The molecule has 5 nitrogen and oxygen atoms in total. The number of Topliss-reactive ketones (excluding diaryl/α,β-unsaturated/α-hetero) is 2. The van der Waals surface area contributed by atoms with E-state index >= 15 is 0 Å². The van der Waals surface area contributed by atoms with Gasteiger partial charge < -0.3 is 15.3 Å². The molecular weight excluding hydrogens is 332 g/mol. The first-order valence-corrected chi connectivity index (χ1v) is 9.92. The van der Waals surface area contributed by atoms with Crippen LogP contribution in [0.3, 0.4) is 0 Å². The van der Waals surface area contributed by atoms with Crippen LogP contribution in [0.5, 0.6) is 0 Å². The second-order valence-electron chi connectivity index (χ2n) is 9.61. The van der Waals surface area contributed by atoms with Gasteiger partial charge in [0, 0.05) is 11.0 Å². The van der Waals surface area contributed by atoms with Gasteiger partial charge in [0.2, 0.25) is 0 Å². The molecule has 0 saturated heterocycles. The fraction of sp³-hybridized carbons (Fsp3) is 0.810. The number of aliphatic hydroxyl groups is 3. The number of aliphatic hydroxyl groups excluding tert-OH is 2. The van der Waals surface area contributed by atoms with Gasteiger partial charge >= 0.3 is 0 Å². The molecule has 0 heterocycles. The largest absolute Gasteiger partial charge is 0.389 e. The number of fused-ring (bicyclic) bond motifs is 5. The molecule has 4 aliphatic rings. The summed E-state index contributed by atoms with van der Waals surface area (Å²) in [5, 5.41) is 32.1. The van der Waals surface area contributed by atoms with E-state index in [0.29, 0.717) is 24.8 Å². The summed E-state index contributed by atoms with van der Waals surface area (Å²) >= 11 is 0. The monoisotopic (exact) mass is 362 g/mol. The number of carbonyl (C=O) groups excluding carboxylic acids is 2. The third-order valence-electron chi connectivity index (χ3n) is 8.72. The van der Waals surface area contributed by atoms with E-state index in [1.54, 1.807) is 6.08 Å². The van der Waals surface area contributed by atoms with Crippen LogP contribution in [0.2, 0.25) is 0 Å². The highest BCUT2D eigenvalue weighted by Gasteiger charge is 2.68. The van der Waals surface area contributed by atoms with Crippen LogP contribution >= 0.6 is 0 Å². The second kappa shape index (κ2) is 5.49. The Balaban J connectivity index is 1.79. The molecule has 0 spiro atoms. The molecule has 3 fully saturated rings. The van der Waals surface area contributed by atoms with E-state index in [9.17, 15) is 24.9 Å². The van der Waals surface area contributed by atoms with Crippen molar-refractivity contribution in [2.45, 2.75) is 77.1 Å². The van der Waals surface area contributed by atoms with Crippen molar-refractivity contribution in [3.8, 4) is 0 Å². The first kappa shape index (κ1) is 18.3. The van der Waals surface area contributed by atoms with Crippen molar-refractivity contribution < 1.29 is 24.9 Å². The quantitative estimate of drug-likeness (QED) is 0.661. The van der Waals surface area contributed by atoms with E-state index < -0.39 is 23.2 Å². The standard InChI is InChI=1S/C21H30O5/c1-11(22)21(26)9-6-14-16-13(5-8-20(14,21)3)19(2)7-4-12(23)10-15(19)17(24)18(16)25/h10,12-14,16,18,23,25-26H,4-9H2,1-3H3/t12-,13-,14-,16+,18-,19+,20-,21-/m0/s1. The maximum atomic E-state index is 13.0. The predicted octanol–water partition coefficient (Wildman–Crippen LogP) is 1.78. The molecule has 144 valence electrons. The van der Waals surface area contributed by atoms with Crippen LogP contribution in [-0.2, 0) is 9.59 Å². The molecule has 0 radical (unpaired) electrons. The smallest absolute Gasteiger partial charge is 0.187 e. The minimum Gasteiger partial charge on any atom is -0.389 e. The van der Waals surface area contributed by atoms with E-state index in [4.69, 9.17) is 0 Å². The third kappa shape index (κ3) is 2.02. The van der Waals surface area contributed by atoms with Gasteiger partial charge in [0.1, 0.15) is 11.7 Å². The van der Waals surface area contributed by atoms with Gasteiger partial charge in [-0.2, -0.15) is 0 Å². The molecule has 4 rings (SSSR count). The zero-order valence-electron chi connectivity index (χ0n) is 15.9. The number of ketones is 2. The van der Waals surface area contributed by atoms with Gasteiger partial charge in [-0.1, -0.05) is 13.8 Å². The Morgan fingerprint density at radius 2 is 1.73 bits per heavy atom.